The van der Waals surface area contributed by atoms with Crippen LogP contribution in [0.4, 0.5) is 8.78 Å². The summed E-state index contributed by atoms with van der Waals surface area (Å²) in [6, 6.07) is 0.289. The van der Waals surface area contributed by atoms with E-state index >= 15 is 0 Å². The van der Waals surface area contributed by atoms with E-state index in [-0.39, 0.29) is 5.56 Å². The predicted octanol–water partition coefficient (Wildman–Crippen LogP) is 1.35. The summed E-state index contributed by atoms with van der Waals surface area (Å²) < 4.78 is 88.1. The topological polar surface area (TPSA) is 101 Å². The molecule has 8 nitrogen and oxygen atoms in total. The van der Waals surface area contributed by atoms with Crippen LogP contribution in [0.5, 0.6) is 5.75 Å². The molecule has 10 heteroatoms. The zero-order valence-electron chi connectivity index (χ0n) is 22.1. The van der Waals surface area contributed by atoms with Gasteiger partial charge in [0.05, 0.1) is 15.8 Å². The number of ether oxygens (including phenoxy) is 1. The molecule has 2 aromatic rings. The third-order valence-corrected chi connectivity index (χ3v) is 4.72. The van der Waals surface area contributed by atoms with Crippen LogP contribution in [0, 0.1) is 11.6 Å². The van der Waals surface area contributed by atoms with Crippen molar-refractivity contribution in [3.63, 3.8) is 0 Å². The number of hydrogen-bond donors (Lipinski definition) is 2. The van der Waals surface area contributed by atoms with Crippen LogP contribution in [0.15, 0.2) is 29.2 Å². The third-order valence-electron chi connectivity index (χ3n) is 4.72. The van der Waals surface area contributed by atoms with Gasteiger partial charge in [0.25, 0.3) is 11.8 Å². The van der Waals surface area contributed by atoms with Crippen molar-refractivity contribution in [3.8, 4) is 5.75 Å². The van der Waals surface area contributed by atoms with Crippen molar-refractivity contribution in [2.24, 2.45) is 0 Å². The maximum atomic E-state index is 13.9. The Morgan fingerprint density at radius 3 is 2.97 bits per heavy atom. The summed E-state index contributed by atoms with van der Waals surface area (Å²) in [6.45, 7) is -7.39. The molecule has 2 aliphatic heterocycles. The molecule has 30 heavy (non-hydrogen) atoms. The van der Waals surface area contributed by atoms with Gasteiger partial charge < -0.3 is 24.6 Å². The smallest absolute Gasteiger partial charge is 0.276 e. The normalized spacial score (nSPS) is 27.7. The lowest BCUT2D eigenvalue weighted by Gasteiger charge is -2.44. The van der Waals surface area contributed by atoms with Gasteiger partial charge in [0.1, 0.15) is 17.2 Å². The first-order valence-corrected chi connectivity index (χ1v) is 8.66. The second-order valence-corrected chi connectivity index (χ2v) is 6.57. The molecule has 4 rings (SSSR count). The summed E-state index contributed by atoms with van der Waals surface area (Å²) in [5.41, 5.74) is -2.87. The van der Waals surface area contributed by atoms with Crippen molar-refractivity contribution in [1.82, 2.24) is 14.8 Å². The molecule has 2 atom stereocenters. The van der Waals surface area contributed by atoms with Gasteiger partial charge in [-0.2, -0.15) is 0 Å². The van der Waals surface area contributed by atoms with Crippen molar-refractivity contribution >= 4 is 11.8 Å². The van der Waals surface area contributed by atoms with Crippen molar-refractivity contribution < 1.29 is 37.8 Å². The minimum Gasteiger partial charge on any atom is -0.503 e. The zero-order chi connectivity index (χ0) is 27.7. The standard InChI is InChI=1S/C20H19F2N3O5/c1-10-4-5-30-15-9-24-8-13(17(26)18(27)16(24)20(29)25(10)15)19(28)23-7-11-2-3-12(21)6-14(11)22/h2-3,6,8,10,15,27H,4-5,7,9H2,1H3,(H,23,28)/t10-,15+/m1/s1/i1D3,4D2,5D2. The number of carbonyl (C=O) groups is 2. The number of halogens is 2. The molecule has 3 heterocycles. The van der Waals surface area contributed by atoms with Gasteiger partial charge in [-0.3, -0.25) is 14.4 Å². The van der Waals surface area contributed by atoms with Crippen LogP contribution in [0.25, 0.3) is 0 Å². The number of hydrogen-bond acceptors (Lipinski definition) is 5. The van der Waals surface area contributed by atoms with Gasteiger partial charge in [-0.25, -0.2) is 8.78 Å². The molecule has 0 unspecified atom stereocenters. The van der Waals surface area contributed by atoms with Crippen LogP contribution < -0.4 is 10.7 Å². The minimum absolute atomic E-state index is 0.106. The lowest BCUT2D eigenvalue weighted by molar-refractivity contribution is -0.112. The highest BCUT2D eigenvalue weighted by molar-refractivity contribution is 5.99. The Labute approximate surface area is 179 Å². The Hall–Kier alpha value is -3.27. The fourth-order valence-corrected chi connectivity index (χ4v) is 3.23. The minimum atomic E-state index is -3.22. The van der Waals surface area contributed by atoms with E-state index in [2.05, 4.69) is 5.32 Å². The molecule has 0 aliphatic carbocycles. The number of nitrogens with one attached hydrogen (secondary N) is 1. The Morgan fingerprint density at radius 1 is 1.43 bits per heavy atom. The third kappa shape index (κ3) is 3.32. The highest BCUT2D eigenvalue weighted by atomic mass is 19.1. The SMILES string of the molecule is [2H]C([2H])([2H])[C@H]1N2C(=O)c3c(O)c(=O)c(C(=O)NCc4ccc(F)cc4F)cn3C[C@@H]2OC([2H])([2H])C1([2H])[2H]. The molecular formula is C20H19F2N3O5. The average molecular weight is 426 g/mol. The van der Waals surface area contributed by atoms with Gasteiger partial charge in [-0.05, 0) is 19.3 Å². The summed E-state index contributed by atoms with van der Waals surface area (Å²) in [6.07, 6.45) is -4.02. The fraction of sp³-hybridized carbons (Fsp3) is 0.350. The lowest BCUT2D eigenvalue weighted by atomic mass is 10.1. The van der Waals surface area contributed by atoms with E-state index in [1.807, 2.05) is 0 Å². The number of amides is 2. The molecule has 2 aliphatic rings. The van der Waals surface area contributed by atoms with Crippen molar-refractivity contribution in [3.05, 3.63) is 63.1 Å². The summed E-state index contributed by atoms with van der Waals surface area (Å²) in [5, 5.41) is 12.7. The molecule has 1 aromatic heterocycles. The van der Waals surface area contributed by atoms with Crippen LogP contribution in [-0.4, -0.2) is 45.2 Å². The molecular weight excluding hydrogens is 400 g/mol. The zero-order valence-corrected chi connectivity index (χ0v) is 15.1. The molecule has 0 bridgehead atoms. The second kappa shape index (κ2) is 7.52. The van der Waals surface area contributed by atoms with E-state index in [1.165, 1.54) is 0 Å². The molecule has 1 fully saturated rings. The quantitative estimate of drug-likeness (QED) is 0.772. The van der Waals surface area contributed by atoms with Crippen molar-refractivity contribution in [1.29, 1.82) is 0 Å². The van der Waals surface area contributed by atoms with E-state index in [1.54, 1.807) is 0 Å². The molecule has 1 saturated heterocycles. The van der Waals surface area contributed by atoms with E-state index in [4.69, 9.17) is 14.3 Å². The number of aromatic hydroxyl groups is 1. The van der Waals surface area contributed by atoms with E-state index in [0.717, 1.165) is 22.9 Å². The van der Waals surface area contributed by atoms with Gasteiger partial charge in [-0.15, -0.1) is 0 Å². The number of aromatic nitrogens is 1. The Morgan fingerprint density at radius 2 is 2.23 bits per heavy atom. The van der Waals surface area contributed by atoms with Gasteiger partial charge in [0, 0.05) is 37.3 Å². The van der Waals surface area contributed by atoms with E-state index < -0.39 is 91.0 Å². The molecule has 1 aromatic carbocycles. The predicted molar refractivity (Wildman–Crippen MR) is 99.9 cm³/mol. The van der Waals surface area contributed by atoms with Crippen LogP contribution >= 0.6 is 0 Å². The summed E-state index contributed by atoms with van der Waals surface area (Å²) in [5.74, 6) is -5.45. The maximum Gasteiger partial charge on any atom is 0.276 e. The van der Waals surface area contributed by atoms with Crippen LogP contribution in [0.2, 0.25) is 0 Å². The van der Waals surface area contributed by atoms with Crippen LogP contribution in [0.1, 0.15) is 49.2 Å². The number of fused-ring (bicyclic) bond motifs is 2. The first-order chi connectivity index (χ1) is 17.0. The van der Waals surface area contributed by atoms with Gasteiger partial charge in [-0.1, -0.05) is 6.07 Å². The Balaban J connectivity index is 1.72. The summed E-state index contributed by atoms with van der Waals surface area (Å²) in [4.78, 5) is 39.1. The lowest BCUT2D eigenvalue weighted by Crippen LogP contribution is -2.57. The maximum absolute atomic E-state index is 13.9. The molecule has 2 amide bonds. The number of pyridine rings is 1. The number of benzene rings is 1. The Bertz CT molecular complexity index is 1370. The first kappa shape index (κ1) is 13.1. The summed E-state index contributed by atoms with van der Waals surface area (Å²) in [7, 11) is 0. The van der Waals surface area contributed by atoms with Crippen LogP contribution in [-0.2, 0) is 17.8 Å². The largest absolute Gasteiger partial charge is 0.503 e. The molecule has 2 N–H and O–H groups in total. The highest BCUT2D eigenvalue weighted by Crippen LogP contribution is 2.29. The number of rotatable bonds is 3. The molecule has 0 radical (unpaired) electrons. The average Bonchev–Trinajstić information content (AvgIpc) is 2.75. The van der Waals surface area contributed by atoms with E-state index in [9.17, 15) is 28.3 Å². The fourth-order valence-electron chi connectivity index (χ4n) is 3.23. The second-order valence-electron chi connectivity index (χ2n) is 6.57. The van der Waals surface area contributed by atoms with Gasteiger partial charge >= 0.3 is 0 Å². The van der Waals surface area contributed by atoms with Gasteiger partial charge in [0.2, 0.25) is 5.43 Å². The first-order valence-electron chi connectivity index (χ1n) is 12.2. The molecule has 0 spiro atoms. The van der Waals surface area contributed by atoms with Crippen LogP contribution in [0.3, 0.4) is 0 Å². The van der Waals surface area contributed by atoms with Crippen molar-refractivity contribution in [2.45, 2.75) is 38.6 Å². The van der Waals surface area contributed by atoms with Gasteiger partial charge in [0.15, 0.2) is 17.7 Å². The Kier molecular flexibility index (Phi) is 3.29. The number of carbonyl (C=O) groups excluding carboxylic acids is 2. The highest BCUT2D eigenvalue weighted by Gasteiger charge is 2.41. The molecule has 0 saturated carbocycles. The number of nitrogens with zero attached hydrogens (tertiary/aromatic N) is 2. The molecule has 158 valence electrons. The summed E-state index contributed by atoms with van der Waals surface area (Å²) >= 11 is 0. The van der Waals surface area contributed by atoms with E-state index in [0.29, 0.717) is 11.0 Å². The van der Waals surface area contributed by atoms with Crippen molar-refractivity contribution in [2.75, 3.05) is 6.56 Å². The monoisotopic (exact) mass is 426 g/mol.